The van der Waals surface area contributed by atoms with E-state index in [1.165, 1.54) is 13.2 Å². The first-order valence-corrected chi connectivity index (χ1v) is 6.32. The predicted octanol–water partition coefficient (Wildman–Crippen LogP) is 2.52. The fourth-order valence-corrected chi connectivity index (χ4v) is 1.50. The number of carbonyl (C=O) groups is 1. The molecule has 20 heavy (non-hydrogen) atoms. The van der Waals surface area contributed by atoms with Crippen LogP contribution in [0.3, 0.4) is 0 Å². The second kappa shape index (κ2) is 7.55. The molecule has 0 bridgehead atoms. The van der Waals surface area contributed by atoms with Crippen LogP contribution in [0.1, 0.15) is 19.4 Å². The van der Waals surface area contributed by atoms with Crippen LogP contribution in [0.25, 0.3) is 6.08 Å². The van der Waals surface area contributed by atoms with Gasteiger partial charge in [0.25, 0.3) is 5.91 Å². The lowest BCUT2D eigenvalue weighted by molar-refractivity contribution is -0.162. The Bertz CT molecular complexity index is 483. The highest BCUT2D eigenvalue weighted by atomic mass is 16.7. The average molecular weight is 279 g/mol. The summed E-state index contributed by atoms with van der Waals surface area (Å²) in [4.78, 5) is 16.4. The van der Waals surface area contributed by atoms with E-state index < -0.39 is 0 Å². The number of carbonyl (C=O) groups excluding carboxylic acids is 1. The molecule has 0 unspecified atom stereocenters. The molecule has 0 aromatic heterocycles. The molecule has 0 atom stereocenters. The Hall–Kier alpha value is -2.01. The van der Waals surface area contributed by atoms with Crippen LogP contribution >= 0.6 is 0 Å². The number of hydroxylamine groups is 2. The Morgan fingerprint density at radius 2 is 1.95 bits per heavy atom. The van der Waals surface area contributed by atoms with E-state index in [0.717, 1.165) is 10.6 Å². The van der Waals surface area contributed by atoms with E-state index >= 15 is 0 Å². The number of likely N-dealkylation sites (N-methyl/N-ethyl adjacent to an activating group) is 1. The molecule has 0 aliphatic rings. The van der Waals surface area contributed by atoms with E-state index in [4.69, 9.17) is 14.3 Å². The largest absolute Gasteiger partial charge is 0.493 e. The van der Waals surface area contributed by atoms with Crippen LogP contribution in [0, 0.1) is 0 Å². The van der Waals surface area contributed by atoms with Gasteiger partial charge in [0, 0.05) is 13.1 Å². The summed E-state index contributed by atoms with van der Waals surface area (Å²) in [5.74, 6) is 1.07. The van der Waals surface area contributed by atoms with E-state index in [1.54, 1.807) is 20.2 Å². The minimum Gasteiger partial charge on any atom is -0.493 e. The van der Waals surface area contributed by atoms with E-state index in [9.17, 15) is 4.79 Å². The molecule has 1 amide bonds. The van der Waals surface area contributed by atoms with Gasteiger partial charge < -0.3 is 9.47 Å². The van der Waals surface area contributed by atoms with Crippen LogP contribution in [0.5, 0.6) is 11.5 Å². The number of hydrogen-bond acceptors (Lipinski definition) is 4. The van der Waals surface area contributed by atoms with Crippen molar-refractivity contribution >= 4 is 12.0 Å². The molecule has 0 saturated carbocycles. The summed E-state index contributed by atoms with van der Waals surface area (Å²) in [6, 6.07) is 5.49. The van der Waals surface area contributed by atoms with Gasteiger partial charge in [0.05, 0.1) is 20.3 Å². The minimum atomic E-state index is -0.242. The fourth-order valence-electron chi connectivity index (χ4n) is 1.50. The van der Waals surface area contributed by atoms with E-state index in [0.29, 0.717) is 11.5 Å². The van der Waals surface area contributed by atoms with Gasteiger partial charge in [0.2, 0.25) is 0 Å². The summed E-state index contributed by atoms with van der Waals surface area (Å²) < 4.78 is 10.9. The lowest BCUT2D eigenvalue weighted by Crippen LogP contribution is -2.22. The summed E-state index contributed by atoms with van der Waals surface area (Å²) in [6.07, 6.45) is 3.20. The van der Waals surface area contributed by atoms with Crippen LogP contribution in [0.15, 0.2) is 24.3 Å². The quantitative estimate of drug-likeness (QED) is 0.593. The van der Waals surface area contributed by atoms with Crippen molar-refractivity contribution in [3.63, 3.8) is 0 Å². The molecule has 5 nitrogen and oxygen atoms in total. The summed E-state index contributed by atoms with van der Waals surface area (Å²) >= 11 is 0. The molecule has 0 spiro atoms. The van der Waals surface area contributed by atoms with Crippen LogP contribution in [0.2, 0.25) is 0 Å². The topological polar surface area (TPSA) is 48.0 Å². The molecular formula is C15H21NO4. The highest BCUT2D eigenvalue weighted by Crippen LogP contribution is 2.29. The third kappa shape index (κ3) is 4.59. The zero-order chi connectivity index (χ0) is 15.1. The molecule has 0 aliphatic carbocycles. The van der Waals surface area contributed by atoms with Crippen LogP contribution in [-0.2, 0) is 9.63 Å². The van der Waals surface area contributed by atoms with Gasteiger partial charge >= 0.3 is 0 Å². The molecule has 1 aromatic rings. The second-order valence-electron chi connectivity index (χ2n) is 4.43. The Labute approximate surface area is 119 Å². The molecule has 0 fully saturated rings. The summed E-state index contributed by atoms with van der Waals surface area (Å²) in [5.41, 5.74) is 0.843. The number of benzene rings is 1. The molecule has 0 radical (unpaired) electrons. The van der Waals surface area contributed by atoms with Crippen molar-refractivity contribution in [3.05, 3.63) is 29.8 Å². The summed E-state index contributed by atoms with van der Waals surface area (Å²) in [6.45, 7) is 3.90. The maximum Gasteiger partial charge on any atom is 0.269 e. The van der Waals surface area contributed by atoms with Gasteiger partial charge in [0.15, 0.2) is 11.5 Å². The average Bonchev–Trinajstić information content (AvgIpc) is 2.44. The highest BCUT2D eigenvalue weighted by molar-refractivity contribution is 5.90. The number of amides is 1. The first-order chi connectivity index (χ1) is 9.47. The molecule has 110 valence electrons. The predicted molar refractivity (Wildman–Crippen MR) is 77.6 cm³/mol. The fraction of sp³-hybridized carbons (Fsp3) is 0.400. The van der Waals surface area contributed by atoms with Crippen molar-refractivity contribution in [1.82, 2.24) is 5.06 Å². The van der Waals surface area contributed by atoms with E-state index in [2.05, 4.69) is 0 Å². The number of rotatable bonds is 6. The molecular weight excluding hydrogens is 258 g/mol. The second-order valence-corrected chi connectivity index (χ2v) is 4.43. The Morgan fingerprint density at radius 1 is 1.25 bits per heavy atom. The highest BCUT2D eigenvalue weighted by Gasteiger charge is 2.07. The standard InChI is InChI=1S/C15H21NO4/c1-11(2)20-13-8-6-12(10-14(13)18-4)7-9-15(17)16(3)19-5/h6-11H,1-5H3/b9-7+. The third-order valence-corrected chi connectivity index (χ3v) is 2.55. The first kappa shape index (κ1) is 16.0. The lowest BCUT2D eigenvalue weighted by Gasteiger charge is -2.14. The van der Waals surface area contributed by atoms with Gasteiger partial charge in [-0.25, -0.2) is 5.06 Å². The zero-order valence-electron chi connectivity index (χ0n) is 12.5. The number of hydrogen-bond donors (Lipinski definition) is 0. The molecule has 0 aliphatic heterocycles. The first-order valence-electron chi connectivity index (χ1n) is 6.32. The van der Waals surface area contributed by atoms with Gasteiger partial charge in [0.1, 0.15) is 0 Å². The van der Waals surface area contributed by atoms with Crippen LogP contribution in [0.4, 0.5) is 0 Å². The normalized spacial score (nSPS) is 10.9. The van der Waals surface area contributed by atoms with Crippen LogP contribution < -0.4 is 9.47 Å². The van der Waals surface area contributed by atoms with Crippen molar-refractivity contribution in [1.29, 1.82) is 0 Å². The minimum absolute atomic E-state index is 0.0715. The molecule has 1 rings (SSSR count). The van der Waals surface area contributed by atoms with Gasteiger partial charge in [-0.05, 0) is 37.6 Å². The van der Waals surface area contributed by atoms with Crippen molar-refractivity contribution in [2.75, 3.05) is 21.3 Å². The number of nitrogens with zero attached hydrogens (tertiary/aromatic N) is 1. The molecule has 0 saturated heterocycles. The maximum atomic E-state index is 11.6. The van der Waals surface area contributed by atoms with Crippen molar-refractivity contribution in [2.24, 2.45) is 0 Å². The smallest absolute Gasteiger partial charge is 0.269 e. The zero-order valence-corrected chi connectivity index (χ0v) is 12.5. The molecule has 0 N–H and O–H groups in total. The van der Waals surface area contributed by atoms with Gasteiger partial charge in [-0.1, -0.05) is 6.07 Å². The SMILES string of the molecule is COc1cc(/C=C/C(=O)N(C)OC)ccc1OC(C)C. The Morgan fingerprint density at radius 3 is 2.50 bits per heavy atom. The molecule has 0 heterocycles. The number of methoxy groups -OCH3 is 1. The molecule has 5 heteroatoms. The van der Waals surface area contributed by atoms with E-state index in [-0.39, 0.29) is 12.0 Å². The van der Waals surface area contributed by atoms with Gasteiger partial charge in [-0.15, -0.1) is 0 Å². The Balaban J connectivity index is 2.87. The monoisotopic (exact) mass is 279 g/mol. The van der Waals surface area contributed by atoms with Crippen LogP contribution in [-0.4, -0.2) is 38.3 Å². The van der Waals surface area contributed by atoms with Crippen molar-refractivity contribution < 1.29 is 19.1 Å². The van der Waals surface area contributed by atoms with Gasteiger partial charge in [-0.2, -0.15) is 0 Å². The third-order valence-electron chi connectivity index (χ3n) is 2.55. The maximum absolute atomic E-state index is 11.6. The number of ether oxygens (including phenoxy) is 2. The van der Waals surface area contributed by atoms with Gasteiger partial charge in [-0.3, -0.25) is 9.63 Å². The lowest BCUT2D eigenvalue weighted by atomic mass is 10.2. The summed E-state index contributed by atoms with van der Waals surface area (Å²) in [5, 5.41) is 1.14. The Kier molecular flexibility index (Phi) is 6.06. The van der Waals surface area contributed by atoms with Crippen molar-refractivity contribution in [3.8, 4) is 11.5 Å². The van der Waals surface area contributed by atoms with Crippen molar-refractivity contribution in [2.45, 2.75) is 20.0 Å². The van der Waals surface area contributed by atoms with E-state index in [1.807, 2.05) is 32.0 Å². The molecule has 1 aromatic carbocycles. The summed E-state index contributed by atoms with van der Waals surface area (Å²) in [7, 11) is 4.57.